The van der Waals surface area contributed by atoms with E-state index >= 15 is 0 Å². The maximum atomic E-state index is 13.4. The molecule has 1 aromatic carbocycles. The van der Waals surface area contributed by atoms with Gasteiger partial charge in [0, 0.05) is 17.5 Å². The molecule has 0 saturated heterocycles. The van der Waals surface area contributed by atoms with E-state index in [-0.39, 0.29) is 17.0 Å². The van der Waals surface area contributed by atoms with E-state index in [0.717, 1.165) is 12.1 Å². The van der Waals surface area contributed by atoms with Crippen LogP contribution in [0.4, 0.5) is 13.2 Å². The van der Waals surface area contributed by atoms with Crippen molar-refractivity contribution in [2.24, 2.45) is 11.1 Å². The van der Waals surface area contributed by atoms with E-state index in [1.807, 2.05) is 13.8 Å². The number of hydrogen-bond donors (Lipinski definition) is 1. The van der Waals surface area contributed by atoms with Gasteiger partial charge in [0.25, 0.3) is 0 Å². The Balaban J connectivity index is 2.51. The molecule has 0 aromatic heterocycles. The average molecular weight is 215 g/mol. The standard InChI is InChI=1S/C11H12F3N/c1-11(2)8(10(11)15)7-5(12)3-4-6(13)9(7)14/h3-4,8,10H,15H2,1-2H3. The Morgan fingerprint density at radius 3 is 2.07 bits per heavy atom. The number of nitrogens with two attached hydrogens (primary N) is 1. The second-order valence-electron chi connectivity index (χ2n) is 4.58. The van der Waals surface area contributed by atoms with Gasteiger partial charge in [-0.1, -0.05) is 13.8 Å². The Morgan fingerprint density at radius 1 is 1.13 bits per heavy atom. The summed E-state index contributed by atoms with van der Waals surface area (Å²) in [6, 6.07) is 1.41. The van der Waals surface area contributed by atoms with Crippen molar-refractivity contribution >= 4 is 0 Å². The normalized spacial score (nSPS) is 27.9. The van der Waals surface area contributed by atoms with E-state index in [1.54, 1.807) is 0 Å². The lowest BCUT2D eigenvalue weighted by Crippen LogP contribution is -2.07. The molecular formula is C11H12F3N. The fourth-order valence-corrected chi connectivity index (χ4v) is 2.06. The van der Waals surface area contributed by atoms with Gasteiger partial charge in [-0.3, -0.25) is 0 Å². The molecule has 1 fully saturated rings. The first kappa shape index (κ1) is 10.5. The van der Waals surface area contributed by atoms with Gasteiger partial charge in [0.2, 0.25) is 0 Å². The summed E-state index contributed by atoms with van der Waals surface area (Å²) in [5, 5.41) is 0. The number of hydrogen-bond acceptors (Lipinski definition) is 1. The van der Waals surface area contributed by atoms with Crippen LogP contribution in [0.15, 0.2) is 12.1 Å². The van der Waals surface area contributed by atoms with Crippen LogP contribution < -0.4 is 5.73 Å². The van der Waals surface area contributed by atoms with Gasteiger partial charge < -0.3 is 5.73 Å². The van der Waals surface area contributed by atoms with Gasteiger partial charge in [0.05, 0.1) is 0 Å². The quantitative estimate of drug-likeness (QED) is 0.716. The van der Waals surface area contributed by atoms with Gasteiger partial charge in [0.15, 0.2) is 11.6 Å². The van der Waals surface area contributed by atoms with E-state index in [0.29, 0.717) is 0 Å². The van der Waals surface area contributed by atoms with Crippen LogP contribution in [-0.2, 0) is 0 Å². The fraction of sp³-hybridized carbons (Fsp3) is 0.455. The monoisotopic (exact) mass is 215 g/mol. The minimum Gasteiger partial charge on any atom is -0.327 e. The second kappa shape index (κ2) is 2.98. The van der Waals surface area contributed by atoms with Crippen molar-refractivity contribution in [3.8, 4) is 0 Å². The van der Waals surface area contributed by atoms with E-state index < -0.39 is 23.4 Å². The molecule has 0 aliphatic heterocycles. The summed E-state index contributed by atoms with van der Waals surface area (Å²) in [5.74, 6) is -3.30. The van der Waals surface area contributed by atoms with Crippen molar-refractivity contribution in [2.75, 3.05) is 0 Å². The predicted octanol–water partition coefficient (Wildman–Crippen LogP) is 2.55. The van der Waals surface area contributed by atoms with Crippen LogP contribution in [0.25, 0.3) is 0 Å². The van der Waals surface area contributed by atoms with Crippen molar-refractivity contribution in [3.63, 3.8) is 0 Å². The van der Waals surface area contributed by atoms with Gasteiger partial charge in [-0.05, 0) is 17.5 Å². The Kier molecular flexibility index (Phi) is 2.08. The van der Waals surface area contributed by atoms with Crippen LogP contribution in [0.5, 0.6) is 0 Å². The van der Waals surface area contributed by atoms with Crippen molar-refractivity contribution in [1.29, 1.82) is 0 Å². The molecule has 0 radical (unpaired) electrons. The second-order valence-corrected chi connectivity index (χ2v) is 4.58. The van der Waals surface area contributed by atoms with Crippen molar-refractivity contribution in [2.45, 2.75) is 25.8 Å². The predicted molar refractivity (Wildman–Crippen MR) is 50.8 cm³/mol. The maximum Gasteiger partial charge on any atom is 0.165 e. The Hall–Kier alpha value is -1.03. The summed E-state index contributed by atoms with van der Waals surface area (Å²) in [6.45, 7) is 3.62. The zero-order valence-electron chi connectivity index (χ0n) is 8.52. The lowest BCUT2D eigenvalue weighted by molar-refractivity contribution is 0.471. The largest absolute Gasteiger partial charge is 0.327 e. The molecule has 0 amide bonds. The molecule has 1 aliphatic rings. The summed E-state index contributed by atoms with van der Waals surface area (Å²) in [7, 11) is 0. The molecule has 82 valence electrons. The highest BCUT2D eigenvalue weighted by Crippen LogP contribution is 2.58. The third-order valence-electron chi connectivity index (χ3n) is 3.30. The van der Waals surface area contributed by atoms with Crippen LogP contribution in [0.3, 0.4) is 0 Å². The van der Waals surface area contributed by atoms with Crippen molar-refractivity contribution in [1.82, 2.24) is 0 Å². The van der Waals surface area contributed by atoms with Crippen LogP contribution in [-0.4, -0.2) is 6.04 Å². The number of halogens is 3. The molecule has 2 N–H and O–H groups in total. The highest BCUT2D eigenvalue weighted by molar-refractivity contribution is 5.36. The third kappa shape index (κ3) is 1.35. The molecule has 1 aromatic rings. The van der Waals surface area contributed by atoms with Crippen LogP contribution in [0.2, 0.25) is 0 Å². The number of rotatable bonds is 1. The fourth-order valence-electron chi connectivity index (χ4n) is 2.06. The first-order valence-corrected chi connectivity index (χ1v) is 4.76. The van der Waals surface area contributed by atoms with Gasteiger partial charge in [-0.2, -0.15) is 0 Å². The van der Waals surface area contributed by atoms with Crippen molar-refractivity contribution in [3.05, 3.63) is 35.1 Å². The molecule has 2 unspecified atom stereocenters. The molecule has 2 atom stereocenters. The molecule has 1 saturated carbocycles. The molecule has 4 heteroatoms. The summed E-state index contributed by atoms with van der Waals surface area (Å²) in [6.07, 6.45) is 0. The maximum absolute atomic E-state index is 13.4. The van der Waals surface area contributed by atoms with E-state index in [2.05, 4.69) is 0 Å². The summed E-state index contributed by atoms with van der Waals surface area (Å²) in [5.41, 5.74) is 5.13. The molecule has 2 rings (SSSR count). The Morgan fingerprint density at radius 2 is 1.60 bits per heavy atom. The molecule has 1 aliphatic carbocycles. The minimum atomic E-state index is -1.11. The topological polar surface area (TPSA) is 26.0 Å². The highest BCUT2D eigenvalue weighted by atomic mass is 19.2. The molecular weight excluding hydrogens is 203 g/mol. The summed E-state index contributed by atoms with van der Waals surface area (Å²) >= 11 is 0. The van der Waals surface area contributed by atoms with Crippen LogP contribution in [0.1, 0.15) is 25.3 Å². The molecule has 15 heavy (non-hydrogen) atoms. The summed E-state index contributed by atoms with van der Waals surface area (Å²) < 4.78 is 39.7. The molecule has 1 nitrogen and oxygen atoms in total. The third-order valence-corrected chi connectivity index (χ3v) is 3.30. The van der Waals surface area contributed by atoms with E-state index in [4.69, 9.17) is 5.73 Å². The smallest absolute Gasteiger partial charge is 0.165 e. The van der Waals surface area contributed by atoms with Crippen LogP contribution >= 0.6 is 0 Å². The lowest BCUT2D eigenvalue weighted by atomic mass is 10.0. The zero-order valence-corrected chi connectivity index (χ0v) is 8.52. The van der Waals surface area contributed by atoms with Crippen molar-refractivity contribution < 1.29 is 13.2 Å². The zero-order chi connectivity index (χ0) is 11.4. The van der Waals surface area contributed by atoms with Gasteiger partial charge in [-0.15, -0.1) is 0 Å². The Labute approximate surface area is 86.1 Å². The van der Waals surface area contributed by atoms with E-state index in [1.165, 1.54) is 0 Å². The molecule has 0 heterocycles. The Bertz CT molecular complexity index is 415. The van der Waals surface area contributed by atoms with Gasteiger partial charge in [0.1, 0.15) is 5.82 Å². The highest BCUT2D eigenvalue weighted by Gasteiger charge is 2.58. The first-order chi connectivity index (χ1) is 6.87. The summed E-state index contributed by atoms with van der Waals surface area (Å²) in [4.78, 5) is 0. The molecule has 0 bridgehead atoms. The average Bonchev–Trinajstić information content (AvgIpc) is 2.63. The van der Waals surface area contributed by atoms with Gasteiger partial charge >= 0.3 is 0 Å². The molecule has 0 spiro atoms. The lowest BCUT2D eigenvalue weighted by Gasteiger charge is -2.06. The minimum absolute atomic E-state index is 0.215. The first-order valence-electron chi connectivity index (χ1n) is 4.76. The number of benzene rings is 1. The van der Waals surface area contributed by atoms with E-state index in [9.17, 15) is 13.2 Å². The van der Waals surface area contributed by atoms with Crippen LogP contribution in [0, 0.1) is 22.9 Å². The SMILES string of the molecule is CC1(C)C(N)C1c1c(F)ccc(F)c1F. The van der Waals surface area contributed by atoms with Gasteiger partial charge in [-0.25, -0.2) is 13.2 Å².